The summed E-state index contributed by atoms with van der Waals surface area (Å²) in [7, 11) is 1.63. The second kappa shape index (κ2) is 7.44. The lowest BCUT2D eigenvalue weighted by atomic mass is 9.76. The highest BCUT2D eigenvalue weighted by molar-refractivity contribution is 5.90. The highest BCUT2D eigenvalue weighted by atomic mass is 16.2. The van der Waals surface area contributed by atoms with E-state index in [0.29, 0.717) is 0 Å². The number of nitrogens with zero attached hydrogens (tertiary/aromatic N) is 2. The standard InChI is InChI=1S/C19H26N2O2/c1-4-17(22)20(3)15-18(23)21-13-8-11-19(2,12-14-21)16-9-6-5-7-10-16/h4-7,9-10H,1,8,11-15H2,2-3H3. The van der Waals surface area contributed by atoms with Crippen molar-refractivity contribution in [2.45, 2.75) is 31.6 Å². The van der Waals surface area contributed by atoms with Crippen molar-refractivity contribution in [3.05, 3.63) is 48.6 Å². The molecule has 0 N–H and O–H groups in total. The van der Waals surface area contributed by atoms with Crippen molar-refractivity contribution in [3.63, 3.8) is 0 Å². The molecule has 1 aliphatic rings. The molecule has 0 radical (unpaired) electrons. The van der Waals surface area contributed by atoms with Gasteiger partial charge in [-0.05, 0) is 36.3 Å². The Hall–Kier alpha value is -2.10. The number of benzene rings is 1. The van der Waals surface area contributed by atoms with E-state index in [1.807, 2.05) is 11.0 Å². The summed E-state index contributed by atoms with van der Waals surface area (Å²) in [5.74, 6) is -0.206. The largest absolute Gasteiger partial charge is 0.341 e. The minimum atomic E-state index is -0.220. The molecule has 0 aliphatic carbocycles. The normalized spacial score (nSPS) is 21.4. The molecule has 1 heterocycles. The topological polar surface area (TPSA) is 40.6 Å². The van der Waals surface area contributed by atoms with Crippen LogP contribution in [0, 0.1) is 0 Å². The van der Waals surface area contributed by atoms with Gasteiger partial charge >= 0.3 is 0 Å². The van der Waals surface area contributed by atoms with Crippen molar-refractivity contribution in [2.75, 3.05) is 26.7 Å². The van der Waals surface area contributed by atoms with Crippen LogP contribution in [0.4, 0.5) is 0 Å². The van der Waals surface area contributed by atoms with Crippen LogP contribution in [0.1, 0.15) is 31.7 Å². The number of hydrogen-bond acceptors (Lipinski definition) is 2. The summed E-state index contributed by atoms with van der Waals surface area (Å²) in [5, 5.41) is 0. The number of rotatable bonds is 4. The molecule has 23 heavy (non-hydrogen) atoms. The Morgan fingerprint density at radius 3 is 2.61 bits per heavy atom. The summed E-state index contributed by atoms with van der Waals surface area (Å²) in [4.78, 5) is 27.3. The first-order valence-corrected chi connectivity index (χ1v) is 8.17. The third-order valence-corrected chi connectivity index (χ3v) is 4.84. The fourth-order valence-electron chi connectivity index (χ4n) is 3.19. The predicted molar refractivity (Wildman–Crippen MR) is 92.1 cm³/mol. The molecular weight excluding hydrogens is 288 g/mol. The molecule has 1 unspecified atom stereocenters. The van der Waals surface area contributed by atoms with Crippen LogP contribution in [0.5, 0.6) is 0 Å². The van der Waals surface area contributed by atoms with E-state index in [9.17, 15) is 9.59 Å². The lowest BCUT2D eigenvalue weighted by Gasteiger charge is -2.29. The second-order valence-electron chi connectivity index (χ2n) is 6.56. The van der Waals surface area contributed by atoms with Crippen LogP contribution in [0.25, 0.3) is 0 Å². The van der Waals surface area contributed by atoms with Gasteiger partial charge in [-0.25, -0.2) is 0 Å². The Labute approximate surface area is 138 Å². The quantitative estimate of drug-likeness (QED) is 0.802. The van der Waals surface area contributed by atoms with Gasteiger partial charge in [0.05, 0.1) is 6.54 Å². The zero-order valence-electron chi connectivity index (χ0n) is 14.1. The Morgan fingerprint density at radius 1 is 1.26 bits per heavy atom. The molecule has 0 saturated carbocycles. The van der Waals surface area contributed by atoms with Crippen LogP contribution < -0.4 is 0 Å². The van der Waals surface area contributed by atoms with E-state index in [-0.39, 0.29) is 23.8 Å². The molecule has 4 nitrogen and oxygen atoms in total. The first-order chi connectivity index (χ1) is 11.0. The van der Waals surface area contributed by atoms with E-state index in [2.05, 4.69) is 37.8 Å². The molecular formula is C19H26N2O2. The summed E-state index contributed by atoms with van der Waals surface area (Å²) in [5.41, 5.74) is 1.45. The smallest absolute Gasteiger partial charge is 0.246 e. The number of carbonyl (C=O) groups excluding carboxylic acids is 2. The van der Waals surface area contributed by atoms with Crippen molar-refractivity contribution in [3.8, 4) is 0 Å². The minimum Gasteiger partial charge on any atom is -0.341 e. The first kappa shape index (κ1) is 17.3. The van der Waals surface area contributed by atoms with Gasteiger partial charge in [-0.3, -0.25) is 9.59 Å². The van der Waals surface area contributed by atoms with Gasteiger partial charge in [0.2, 0.25) is 11.8 Å². The van der Waals surface area contributed by atoms with E-state index in [4.69, 9.17) is 0 Å². The van der Waals surface area contributed by atoms with E-state index in [0.717, 1.165) is 32.4 Å². The van der Waals surface area contributed by atoms with E-state index >= 15 is 0 Å². The highest BCUT2D eigenvalue weighted by Gasteiger charge is 2.31. The van der Waals surface area contributed by atoms with Crippen LogP contribution in [0.2, 0.25) is 0 Å². The molecule has 1 aromatic rings. The van der Waals surface area contributed by atoms with Crippen LogP contribution in [-0.4, -0.2) is 48.3 Å². The predicted octanol–water partition coefficient (Wildman–Crippen LogP) is 2.60. The summed E-state index contributed by atoms with van der Waals surface area (Å²) in [6.45, 7) is 7.35. The maximum Gasteiger partial charge on any atom is 0.246 e. The molecule has 4 heteroatoms. The Balaban J connectivity index is 1.99. The molecule has 0 bridgehead atoms. The Bertz CT molecular complexity index is 570. The van der Waals surface area contributed by atoms with Crippen molar-refractivity contribution in [1.29, 1.82) is 0 Å². The van der Waals surface area contributed by atoms with Crippen LogP contribution in [0.3, 0.4) is 0 Å². The number of amides is 2. The molecule has 1 aromatic carbocycles. The van der Waals surface area contributed by atoms with Crippen molar-refractivity contribution < 1.29 is 9.59 Å². The molecule has 2 amide bonds. The first-order valence-electron chi connectivity index (χ1n) is 8.17. The number of hydrogen-bond donors (Lipinski definition) is 0. The van der Waals surface area contributed by atoms with Crippen molar-refractivity contribution >= 4 is 11.8 Å². The molecule has 2 rings (SSSR count). The van der Waals surface area contributed by atoms with Crippen LogP contribution in [-0.2, 0) is 15.0 Å². The van der Waals surface area contributed by atoms with Gasteiger partial charge < -0.3 is 9.80 Å². The van der Waals surface area contributed by atoms with E-state index in [1.54, 1.807) is 7.05 Å². The molecule has 1 aliphatic heterocycles. The van der Waals surface area contributed by atoms with Crippen LogP contribution >= 0.6 is 0 Å². The van der Waals surface area contributed by atoms with Crippen molar-refractivity contribution in [2.24, 2.45) is 0 Å². The average Bonchev–Trinajstić information content (AvgIpc) is 2.77. The third-order valence-electron chi connectivity index (χ3n) is 4.84. The van der Waals surface area contributed by atoms with Gasteiger partial charge in [-0.1, -0.05) is 43.8 Å². The minimum absolute atomic E-state index is 0.0139. The van der Waals surface area contributed by atoms with Gasteiger partial charge in [-0.2, -0.15) is 0 Å². The van der Waals surface area contributed by atoms with Gasteiger partial charge in [0, 0.05) is 20.1 Å². The van der Waals surface area contributed by atoms with Gasteiger partial charge in [0.15, 0.2) is 0 Å². The maximum absolute atomic E-state index is 12.4. The van der Waals surface area contributed by atoms with Crippen molar-refractivity contribution in [1.82, 2.24) is 9.80 Å². The highest BCUT2D eigenvalue weighted by Crippen LogP contribution is 2.34. The summed E-state index contributed by atoms with van der Waals surface area (Å²) < 4.78 is 0. The number of likely N-dealkylation sites (tertiary alicyclic amines) is 1. The third kappa shape index (κ3) is 4.21. The fraction of sp³-hybridized carbons (Fsp3) is 0.474. The summed E-state index contributed by atoms with van der Waals surface area (Å²) in [6.07, 6.45) is 4.24. The molecule has 0 spiro atoms. The van der Waals surface area contributed by atoms with Gasteiger partial charge in [-0.15, -0.1) is 0 Å². The van der Waals surface area contributed by atoms with E-state index < -0.39 is 0 Å². The second-order valence-corrected chi connectivity index (χ2v) is 6.56. The fourth-order valence-corrected chi connectivity index (χ4v) is 3.19. The van der Waals surface area contributed by atoms with Gasteiger partial charge in [0.1, 0.15) is 0 Å². The zero-order valence-corrected chi connectivity index (χ0v) is 14.1. The van der Waals surface area contributed by atoms with Gasteiger partial charge in [0.25, 0.3) is 0 Å². The SMILES string of the molecule is C=CC(=O)N(C)CC(=O)N1CCCC(C)(c2ccccc2)CC1. The Kier molecular flexibility index (Phi) is 5.59. The molecule has 0 aromatic heterocycles. The number of likely N-dealkylation sites (N-methyl/N-ethyl adjacent to an activating group) is 1. The monoisotopic (exact) mass is 314 g/mol. The molecule has 1 saturated heterocycles. The zero-order chi connectivity index (χ0) is 16.9. The Morgan fingerprint density at radius 2 is 1.96 bits per heavy atom. The molecule has 1 fully saturated rings. The average molecular weight is 314 g/mol. The molecule has 1 atom stereocenters. The van der Waals surface area contributed by atoms with E-state index in [1.165, 1.54) is 16.5 Å². The summed E-state index contributed by atoms with van der Waals surface area (Å²) >= 11 is 0. The van der Waals surface area contributed by atoms with Crippen LogP contribution in [0.15, 0.2) is 43.0 Å². The lowest BCUT2D eigenvalue weighted by Crippen LogP contribution is -2.41. The maximum atomic E-state index is 12.4. The summed E-state index contributed by atoms with van der Waals surface area (Å²) in [6, 6.07) is 10.5. The molecule has 124 valence electrons. The number of carbonyl (C=O) groups is 2. The lowest BCUT2D eigenvalue weighted by molar-refractivity contribution is -0.137.